The summed E-state index contributed by atoms with van der Waals surface area (Å²) in [5.41, 5.74) is 0. The maximum Gasteiger partial charge on any atom is 0.117 e. The van der Waals surface area contributed by atoms with Crippen LogP contribution >= 0.6 is 0 Å². The van der Waals surface area contributed by atoms with Gasteiger partial charge in [-0.15, -0.1) is 0 Å². The summed E-state index contributed by atoms with van der Waals surface area (Å²) in [6, 6.07) is 4.05. The Labute approximate surface area is 86.7 Å². The molecular weight excluding hydrogens is 174 g/mol. The number of hydrogen-bond acceptors (Lipinski definition) is 2. The van der Waals surface area contributed by atoms with E-state index in [1.807, 2.05) is 19.1 Å². The van der Waals surface area contributed by atoms with Gasteiger partial charge in [0.15, 0.2) is 0 Å². The molecule has 1 aromatic heterocycles. The van der Waals surface area contributed by atoms with Gasteiger partial charge in [-0.2, -0.15) is 0 Å². The normalized spacial score (nSPS) is 11.1. The van der Waals surface area contributed by atoms with E-state index in [0.29, 0.717) is 0 Å². The van der Waals surface area contributed by atoms with Gasteiger partial charge in [-0.05, 0) is 31.5 Å². The van der Waals surface area contributed by atoms with E-state index >= 15 is 0 Å². The smallest absolute Gasteiger partial charge is 0.117 e. The van der Waals surface area contributed by atoms with Crippen molar-refractivity contribution in [2.45, 2.75) is 40.2 Å². The van der Waals surface area contributed by atoms with Crippen LogP contribution in [0.5, 0.6) is 0 Å². The molecule has 2 heteroatoms. The Hall–Kier alpha value is -0.760. The van der Waals surface area contributed by atoms with Crippen molar-refractivity contribution in [2.24, 2.45) is 5.92 Å². The molecule has 1 N–H and O–H groups in total. The van der Waals surface area contributed by atoms with E-state index in [1.54, 1.807) is 0 Å². The first-order valence-electron chi connectivity index (χ1n) is 5.52. The third-order valence-corrected chi connectivity index (χ3v) is 2.68. The van der Waals surface area contributed by atoms with E-state index in [-0.39, 0.29) is 0 Å². The molecule has 1 heterocycles. The van der Waals surface area contributed by atoms with Gasteiger partial charge in [0.2, 0.25) is 0 Å². The molecule has 1 aromatic rings. The highest BCUT2D eigenvalue weighted by molar-refractivity contribution is 5.05. The SMILES string of the molecule is CCC(CC)CNCc1ccc(C)o1. The molecule has 0 amide bonds. The van der Waals surface area contributed by atoms with E-state index in [4.69, 9.17) is 4.42 Å². The highest BCUT2D eigenvalue weighted by Gasteiger charge is 2.03. The van der Waals surface area contributed by atoms with Crippen LogP contribution in [0.2, 0.25) is 0 Å². The van der Waals surface area contributed by atoms with Gasteiger partial charge in [-0.3, -0.25) is 0 Å². The number of aryl methyl sites for hydroxylation is 1. The largest absolute Gasteiger partial charge is 0.465 e. The first-order valence-corrected chi connectivity index (χ1v) is 5.52. The minimum atomic E-state index is 0.797. The van der Waals surface area contributed by atoms with Crippen LogP contribution in [0.15, 0.2) is 16.5 Å². The zero-order valence-corrected chi connectivity index (χ0v) is 9.47. The van der Waals surface area contributed by atoms with Gasteiger partial charge < -0.3 is 9.73 Å². The summed E-state index contributed by atoms with van der Waals surface area (Å²) in [5.74, 6) is 2.82. The zero-order valence-electron chi connectivity index (χ0n) is 9.47. The van der Waals surface area contributed by atoms with Gasteiger partial charge in [-0.25, -0.2) is 0 Å². The monoisotopic (exact) mass is 195 g/mol. The summed E-state index contributed by atoms with van der Waals surface area (Å²) in [4.78, 5) is 0. The minimum absolute atomic E-state index is 0.797. The van der Waals surface area contributed by atoms with E-state index in [0.717, 1.165) is 30.5 Å². The van der Waals surface area contributed by atoms with Crippen LogP contribution in [-0.4, -0.2) is 6.54 Å². The lowest BCUT2D eigenvalue weighted by Gasteiger charge is -2.12. The Bertz CT molecular complexity index is 251. The average Bonchev–Trinajstić information content (AvgIpc) is 2.59. The number of hydrogen-bond donors (Lipinski definition) is 1. The van der Waals surface area contributed by atoms with E-state index in [2.05, 4.69) is 19.2 Å². The predicted octanol–water partition coefficient (Wildman–Crippen LogP) is 3.11. The van der Waals surface area contributed by atoms with Gasteiger partial charge in [0, 0.05) is 0 Å². The van der Waals surface area contributed by atoms with Gasteiger partial charge in [0.1, 0.15) is 11.5 Å². The van der Waals surface area contributed by atoms with Crippen LogP contribution < -0.4 is 5.32 Å². The molecule has 0 aliphatic rings. The molecule has 0 radical (unpaired) electrons. The van der Waals surface area contributed by atoms with Crippen molar-refractivity contribution in [3.8, 4) is 0 Å². The van der Waals surface area contributed by atoms with Crippen LogP contribution in [0.25, 0.3) is 0 Å². The molecule has 0 aliphatic carbocycles. The van der Waals surface area contributed by atoms with Crippen molar-refractivity contribution in [1.29, 1.82) is 0 Å². The highest BCUT2D eigenvalue weighted by atomic mass is 16.3. The summed E-state index contributed by atoms with van der Waals surface area (Å²) < 4.78 is 5.47. The van der Waals surface area contributed by atoms with Gasteiger partial charge in [0.05, 0.1) is 6.54 Å². The van der Waals surface area contributed by atoms with Crippen molar-refractivity contribution in [3.63, 3.8) is 0 Å². The van der Waals surface area contributed by atoms with Crippen LogP contribution in [0.4, 0.5) is 0 Å². The second-order valence-corrected chi connectivity index (χ2v) is 3.83. The highest BCUT2D eigenvalue weighted by Crippen LogP contribution is 2.08. The first-order chi connectivity index (χ1) is 6.76. The lowest BCUT2D eigenvalue weighted by molar-refractivity contribution is 0.416. The molecule has 80 valence electrons. The number of rotatable bonds is 6. The van der Waals surface area contributed by atoms with Crippen molar-refractivity contribution in [2.75, 3.05) is 6.54 Å². The summed E-state index contributed by atoms with van der Waals surface area (Å²) in [6.07, 6.45) is 2.50. The minimum Gasteiger partial charge on any atom is -0.465 e. The fraction of sp³-hybridized carbons (Fsp3) is 0.667. The molecule has 1 rings (SSSR count). The van der Waals surface area contributed by atoms with Crippen LogP contribution in [0.1, 0.15) is 38.2 Å². The molecule has 0 atom stereocenters. The van der Waals surface area contributed by atoms with Crippen molar-refractivity contribution in [3.05, 3.63) is 23.7 Å². The lowest BCUT2D eigenvalue weighted by atomic mass is 10.0. The lowest BCUT2D eigenvalue weighted by Crippen LogP contribution is -2.21. The van der Waals surface area contributed by atoms with E-state index in [1.165, 1.54) is 12.8 Å². The first kappa shape index (κ1) is 11.3. The van der Waals surface area contributed by atoms with Crippen LogP contribution in [-0.2, 0) is 6.54 Å². The maximum atomic E-state index is 5.47. The zero-order chi connectivity index (χ0) is 10.4. The Kier molecular flexibility index (Phi) is 4.74. The van der Waals surface area contributed by atoms with Gasteiger partial charge in [0.25, 0.3) is 0 Å². The molecule has 0 aromatic carbocycles. The molecule has 2 nitrogen and oxygen atoms in total. The van der Waals surface area contributed by atoms with Crippen molar-refractivity contribution < 1.29 is 4.42 Å². The van der Waals surface area contributed by atoms with Crippen molar-refractivity contribution >= 4 is 0 Å². The van der Waals surface area contributed by atoms with Gasteiger partial charge in [-0.1, -0.05) is 26.7 Å². The Balaban J connectivity index is 2.21. The topological polar surface area (TPSA) is 25.2 Å². The molecular formula is C12H21NO. The number of furan rings is 1. The maximum absolute atomic E-state index is 5.47. The quantitative estimate of drug-likeness (QED) is 0.754. The van der Waals surface area contributed by atoms with Crippen molar-refractivity contribution in [1.82, 2.24) is 5.32 Å². The standard InChI is InChI=1S/C12H21NO/c1-4-11(5-2)8-13-9-12-7-6-10(3)14-12/h6-7,11,13H,4-5,8-9H2,1-3H3. The van der Waals surface area contributed by atoms with Gasteiger partial charge >= 0.3 is 0 Å². The Morgan fingerprint density at radius 3 is 2.50 bits per heavy atom. The fourth-order valence-corrected chi connectivity index (χ4v) is 1.56. The van der Waals surface area contributed by atoms with Crippen LogP contribution in [0, 0.1) is 12.8 Å². The Morgan fingerprint density at radius 1 is 1.29 bits per heavy atom. The molecule has 0 saturated heterocycles. The molecule has 0 spiro atoms. The average molecular weight is 195 g/mol. The van der Waals surface area contributed by atoms with Crippen LogP contribution in [0.3, 0.4) is 0 Å². The molecule has 0 unspecified atom stereocenters. The summed E-state index contributed by atoms with van der Waals surface area (Å²) in [7, 11) is 0. The molecule has 0 aliphatic heterocycles. The second kappa shape index (κ2) is 5.86. The third-order valence-electron chi connectivity index (χ3n) is 2.68. The fourth-order valence-electron chi connectivity index (χ4n) is 1.56. The summed E-state index contributed by atoms with van der Waals surface area (Å²) in [6.45, 7) is 8.40. The van der Waals surface area contributed by atoms with E-state index < -0.39 is 0 Å². The third kappa shape index (κ3) is 3.54. The Morgan fingerprint density at radius 2 is 2.00 bits per heavy atom. The summed E-state index contributed by atoms with van der Waals surface area (Å²) >= 11 is 0. The summed E-state index contributed by atoms with van der Waals surface area (Å²) in [5, 5.41) is 3.42. The molecule has 0 bridgehead atoms. The number of nitrogens with one attached hydrogen (secondary N) is 1. The molecule has 14 heavy (non-hydrogen) atoms. The molecule has 0 fully saturated rings. The van der Waals surface area contributed by atoms with E-state index in [9.17, 15) is 0 Å². The second-order valence-electron chi connectivity index (χ2n) is 3.83. The predicted molar refractivity (Wildman–Crippen MR) is 59.2 cm³/mol. The molecule has 0 saturated carbocycles.